The summed E-state index contributed by atoms with van der Waals surface area (Å²) in [6.07, 6.45) is 0.856. The molecule has 4 rings (SSSR count). The molecule has 1 saturated heterocycles. The van der Waals surface area contributed by atoms with Gasteiger partial charge in [-0.15, -0.1) is 0 Å². The van der Waals surface area contributed by atoms with Gasteiger partial charge in [-0.05, 0) is 55.5 Å². The molecule has 6 nitrogen and oxygen atoms in total. The summed E-state index contributed by atoms with van der Waals surface area (Å²) in [5.41, 5.74) is 2.54. The lowest BCUT2D eigenvalue weighted by Gasteiger charge is -2.36. The molecule has 0 saturated carbocycles. The SMILES string of the molecule is Cc1ccc(C2(C(=O)ON3C(=O)c4ccccc4C3=O)CCOCC2)cc1C. The Hall–Kier alpha value is -2.99. The molecule has 1 fully saturated rings. The quantitative estimate of drug-likeness (QED) is 0.766. The summed E-state index contributed by atoms with van der Waals surface area (Å²) in [7, 11) is 0. The molecule has 2 aliphatic heterocycles. The number of carbonyl (C=O) groups excluding carboxylic acids is 3. The van der Waals surface area contributed by atoms with Gasteiger partial charge in [0.2, 0.25) is 0 Å². The lowest BCUT2D eigenvalue weighted by molar-refractivity contribution is -0.179. The van der Waals surface area contributed by atoms with Gasteiger partial charge in [-0.25, -0.2) is 4.79 Å². The minimum Gasteiger partial charge on any atom is -0.381 e. The van der Waals surface area contributed by atoms with Crippen LogP contribution in [0.1, 0.15) is 50.2 Å². The molecule has 0 N–H and O–H groups in total. The maximum Gasteiger partial charge on any atom is 0.343 e. The van der Waals surface area contributed by atoms with E-state index in [2.05, 4.69) is 0 Å². The predicted octanol–water partition coefficient (Wildman–Crippen LogP) is 3.11. The second kappa shape index (κ2) is 6.87. The Morgan fingerprint density at radius 2 is 1.57 bits per heavy atom. The molecule has 0 atom stereocenters. The smallest absolute Gasteiger partial charge is 0.343 e. The van der Waals surface area contributed by atoms with Crippen LogP contribution in [0.5, 0.6) is 0 Å². The monoisotopic (exact) mass is 379 g/mol. The fourth-order valence-electron chi connectivity index (χ4n) is 3.79. The number of rotatable bonds is 3. The zero-order chi connectivity index (χ0) is 19.9. The van der Waals surface area contributed by atoms with Crippen LogP contribution in [0.2, 0.25) is 0 Å². The number of benzene rings is 2. The van der Waals surface area contributed by atoms with E-state index in [9.17, 15) is 14.4 Å². The van der Waals surface area contributed by atoms with Crippen molar-refractivity contribution in [3.63, 3.8) is 0 Å². The molecular formula is C22H21NO5. The van der Waals surface area contributed by atoms with Gasteiger partial charge in [0.05, 0.1) is 16.5 Å². The number of fused-ring (bicyclic) bond motifs is 1. The van der Waals surface area contributed by atoms with Gasteiger partial charge in [0.25, 0.3) is 11.8 Å². The minimum atomic E-state index is -0.952. The van der Waals surface area contributed by atoms with E-state index in [-0.39, 0.29) is 11.1 Å². The third-order valence-electron chi connectivity index (χ3n) is 5.73. The lowest BCUT2D eigenvalue weighted by atomic mass is 9.73. The van der Waals surface area contributed by atoms with E-state index in [0.717, 1.165) is 16.7 Å². The van der Waals surface area contributed by atoms with E-state index in [1.54, 1.807) is 24.3 Å². The second-order valence-corrected chi connectivity index (χ2v) is 7.32. The lowest BCUT2D eigenvalue weighted by Crippen LogP contribution is -2.46. The van der Waals surface area contributed by atoms with Crippen LogP contribution in [0.3, 0.4) is 0 Å². The highest BCUT2D eigenvalue weighted by molar-refractivity contribution is 6.21. The predicted molar refractivity (Wildman–Crippen MR) is 101 cm³/mol. The third-order valence-corrected chi connectivity index (χ3v) is 5.73. The van der Waals surface area contributed by atoms with Gasteiger partial charge in [-0.1, -0.05) is 35.4 Å². The maximum absolute atomic E-state index is 13.3. The van der Waals surface area contributed by atoms with E-state index < -0.39 is 23.2 Å². The summed E-state index contributed by atoms with van der Waals surface area (Å²) in [6, 6.07) is 12.3. The highest BCUT2D eigenvalue weighted by Gasteiger charge is 2.47. The van der Waals surface area contributed by atoms with E-state index in [0.29, 0.717) is 31.1 Å². The Balaban J connectivity index is 1.67. The molecule has 2 aromatic carbocycles. The van der Waals surface area contributed by atoms with Crippen LogP contribution in [0.25, 0.3) is 0 Å². The van der Waals surface area contributed by atoms with E-state index >= 15 is 0 Å². The molecule has 0 aromatic heterocycles. The van der Waals surface area contributed by atoms with Crippen molar-refractivity contribution >= 4 is 17.8 Å². The summed E-state index contributed by atoms with van der Waals surface area (Å²) in [6.45, 7) is 4.81. The number of hydrogen-bond acceptors (Lipinski definition) is 5. The molecular weight excluding hydrogens is 358 g/mol. The van der Waals surface area contributed by atoms with Gasteiger partial charge in [0, 0.05) is 13.2 Å². The third kappa shape index (κ3) is 2.81. The van der Waals surface area contributed by atoms with Gasteiger partial charge in [0.15, 0.2) is 0 Å². The van der Waals surface area contributed by atoms with E-state index in [4.69, 9.17) is 9.57 Å². The molecule has 2 aromatic rings. The summed E-state index contributed by atoms with van der Waals surface area (Å²) in [4.78, 5) is 43.9. The van der Waals surface area contributed by atoms with Crippen molar-refractivity contribution in [2.24, 2.45) is 0 Å². The number of nitrogens with zero attached hydrogens (tertiary/aromatic N) is 1. The molecule has 2 heterocycles. The van der Waals surface area contributed by atoms with Crippen molar-refractivity contribution in [3.8, 4) is 0 Å². The van der Waals surface area contributed by atoms with Crippen molar-refractivity contribution in [1.82, 2.24) is 5.06 Å². The first kappa shape index (κ1) is 18.4. The Labute approximate surface area is 163 Å². The van der Waals surface area contributed by atoms with Crippen LogP contribution >= 0.6 is 0 Å². The van der Waals surface area contributed by atoms with Gasteiger partial charge >= 0.3 is 5.97 Å². The Kier molecular flexibility index (Phi) is 4.51. The average Bonchev–Trinajstić information content (AvgIpc) is 2.95. The van der Waals surface area contributed by atoms with Crippen LogP contribution in [-0.2, 0) is 19.8 Å². The first-order valence-corrected chi connectivity index (χ1v) is 9.30. The zero-order valence-corrected chi connectivity index (χ0v) is 15.9. The number of imide groups is 1. The molecule has 2 amide bonds. The second-order valence-electron chi connectivity index (χ2n) is 7.32. The maximum atomic E-state index is 13.3. The van der Waals surface area contributed by atoms with Crippen LogP contribution in [0.15, 0.2) is 42.5 Å². The van der Waals surface area contributed by atoms with E-state index in [1.807, 2.05) is 32.0 Å². The molecule has 0 spiro atoms. The largest absolute Gasteiger partial charge is 0.381 e. The van der Waals surface area contributed by atoms with Gasteiger partial charge in [-0.2, -0.15) is 0 Å². The molecule has 144 valence electrons. The first-order chi connectivity index (χ1) is 13.4. The molecule has 0 unspecified atom stereocenters. The summed E-state index contributed by atoms with van der Waals surface area (Å²) in [5, 5.41) is 0.589. The normalized spacial score (nSPS) is 18.1. The van der Waals surface area contributed by atoms with Gasteiger partial charge < -0.3 is 9.57 Å². The fourth-order valence-corrected chi connectivity index (χ4v) is 3.79. The van der Waals surface area contributed by atoms with E-state index in [1.165, 1.54) is 0 Å². The Morgan fingerprint density at radius 1 is 0.964 bits per heavy atom. The van der Waals surface area contributed by atoms with Crippen LogP contribution in [-0.4, -0.2) is 36.1 Å². The van der Waals surface area contributed by atoms with Gasteiger partial charge in [-0.3, -0.25) is 9.59 Å². The van der Waals surface area contributed by atoms with Crippen molar-refractivity contribution < 1.29 is 24.0 Å². The molecule has 0 aliphatic carbocycles. The fraction of sp³-hybridized carbons (Fsp3) is 0.318. The summed E-state index contributed by atoms with van der Waals surface area (Å²) < 4.78 is 5.46. The molecule has 6 heteroatoms. The molecule has 28 heavy (non-hydrogen) atoms. The van der Waals surface area contributed by atoms with Crippen molar-refractivity contribution in [2.45, 2.75) is 32.1 Å². The highest BCUT2D eigenvalue weighted by Crippen LogP contribution is 2.38. The standard InChI is InChI=1S/C22H21NO5/c1-14-7-8-16(13-15(14)2)22(9-11-27-12-10-22)21(26)28-23-19(24)17-5-3-4-6-18(17)20(23)25/h3-8,13H,9-12H2,1-2H3. The van der Waals surface area contributed by atoms with Crippen molar-refractivity contribution in [3.05, 3.63) is 70.3 Å². The van der Waals surface area contributed by atoms with Crippen molar-refractivity contribution in [2.75, 3.05) is 13.2 Å². The number of aryl methyl sites for hydroxylation is 2. The molecule has 2 aliphatic rings. The first-order valence-electron chi connectivity index (χ1n) is 9.30. The van der Waals surface area contributed by atoms with Crippen LogP contribution in [0, 0.1) is 13.8 Å². The highest BCUT2D eigenvalue weighted by atomic mass is 16.7. The average molecular weight is 379 g/mol. The number of amides is 2. The Bertz CT molecular complexity index is 940. The number of carbonyl (C=O) groups is 3. The summed E-state index contributed by atoms with van der Waals surface area (Å²) in [5.74, 6) is -1.83. The van der Waals surface area contributed by atoms with Crippen LogP contribution in [0.4, 0.5) is 0 Å². The zero-order valence-electron chi connectivity index (χ0n) is 15.9. The van der Waals surface area contributed by atoms with Crippen LogP contribution < -0.4 is 0 Å². The summed E-state index contributed by atoms with van der Waals surface area (Å²) >= 11 is 0. The number of ether oxygens (including phenoxy) is 1. The minimum absolute atomic E-state index is 0.243. The van der Waals surface area contributed by atoms with Crippen molar-refractivity contribution in [1.29, 1.82) is 0 Å². The molecule has 0 radical (unpaired) electrons. The topological polar surface area (TPSA) is 72.9 Å². The van der Waals surface area contributed by atoms with Gasteiger partial charge in [0.1, 0.15) is 0 Å². The molecule has 0 bridgehead atoms. The number of hydrogen-bond donors (Lipinski definition) is 0. The number of hydroxylamine groups is 2. The Morgan fingerprint density at radius 3 is 2.14 bits per heavy atom.